The van der Waals surface area contributed by atoms with Crippen molar-refractivity contribution in [2.75, 3.05) is 19.6 Å². The number of aromatic nitrogens is 3. The van der Waals surface area contributed by atoms with Crippen LogP contribution in [0.25, 0.3) is 0 Å². The zero-order valence-corrected chi connectivity index (χ0v) is 13.9. The highest BCUT2D eigenvalue weighted by molar-refractivity contribution is 5.79. The molecule has 0 saturated heterocycles. The van der Waals surface area contributed by atoms with Crippen LogP contribution in [0.3, 0.4) is 0 Å². The number of rotatable bonds is 8. The Morgan fingerprint density at radius 2 is 2.17 bits per heavy atom. The molecule has 2 N–H and O–H groups in total. The second-order valence-electron chi connectivity index (χ2n) is 5.55. The molecule has 0 aliphatic carbocycles. The van der Waals surface area contributed by atoms with Crippen molar-refractivity contribution in [3.63, 3.8) is 0 Å². The van der Waals surface area contributed by atoms with Gasteiger partial charge in [0.1, 0.15) is 0 Å². The van der Waals surface area contributed by atoms with Crippen LogP contribution in [0, 0.1) is 5.92 Å². The number of aliphatic imine (C=N–C) groups is 1. The van der Waals surface area contributed by atoms with Crippen molar-refractivity contribution in [1.82, 2.24) is 25.4 Å². The van der Waals surface area contributed by atoms with Gasteiger partial charge in [0.2, 0.25) is 0 Å². The third-order valence-corrected chi connectivity index (χ3v) is 3.36. The minimum Gasteiger partial charge on any atom is -0.357 e. The van der Waals surface area contributed by atoms with Gasteiger partial charge in [-0.05, 0) is 31.0 Å². The normalized spacial score (nSPS) is 12.9. The lowest BCUT2D eigenvalue weighted by molar-refractivity contribution is 0.458. The summed E-state index contributed by atoms with van der Waals surface area (Å²) in [7, 11) is 0. The van der Waals surface area contributed by atoms with Crippen molar-refractivity contribution in [2.24, 2.45) is 10.9 Å². The largest absolute Gasteiger partial charge is 0.357 e. The number of nitrogens with one attached hydrogen (secondary N) is 2. The molecule has 0 radical (unpaired) electrons. The molecule has 0 fully saturated rings. The highest BCUT2D eigenvalue weighted by Gasteiger charge is 2.04. The van der Waals surface area contributed by atoms with Gasteiger partial charge in [0, 0.05) is 56.9 Å². The molecule has 0 amide bonds. The Morgan fingerprint density at radius 1 is 1.26 bits per heavy atom. The van der Waals surface area contributed by atoms with E-state index in [-0.39, 0.29) is 0 Å². The minimum absolute atomic E-state index is 0.432. The second kappa shape index (κ2) is 9.61. The fourth-order valence-corrected chi connectivity index (χ4v) is 2.23. The molecule has 124 valence electrons. The molecule has 2 aromatic rings. The van der Waals surface area contributed by atoms with Gasteiger partial charge in [-0.2, -0.15) is 5.10 Å². The molecule has 0 spiro atoms. The van der Waals surface area contributed by atoms with Gasteiger partial charge in [-0.3, -0.25) is 14.7 Å². The quantitative estimate of drug-likeness (QED) is 0.575. The summed E-state index contributed by atoms with van der Waals surface area (Å²) in [5, 5.41) is 10.9. The van der Waals surface area contributed by atoms with E-state index in [2.05, 4.69) is 39.6 Å². The van der Waals surface area contributed by atoms with E-state index in [0.717, 1.165) is 44.3 Å². The number of hydrogen-bond acceptors (Lipinski definition) is 3. The number of pyridine rings is 1. The summed E-state index contributed by atoms with van der Waals surface area (Å²) >= 11 is 0. The van der Waals surface area contributed by atoms with E-state index in [1.165, 1.54) is 0 Å². The van der Waals surface area contributed by atoms with Crippen LogP contribution in [-0.4, -0.2) is 40.4 Å². The molecule has 0 aromatic carbocycles. The smallest absolute Gasteiger partial charge is 0.191 e. The zero-order valence-electron chi connectivity index (χ0n) is 13.9. The lowest BCUT2D eigenvalue weighted by Crippen LogP contribution is -2.38. The summed E-state index contributed by atoms with van der Waals surface area (Å²) in [6.45, 7) is 7.56. The Kier molecular flexibility index (Phi) is 7.10. The summed E-state index contributed by atoms with van der Waals surface area (Å²) in [4.78, 5) is 8.99. The highest BCUT2D eigenvalue weighted by atomic mass is 15.3. The summed E-state index contributed by atoms with van der Waals surface area (Å²) in [6, 6.07) is 7.93. The van der Waals surface area contributed by atoms with Gasteiger partial charge in [0.05, 0.1) is 0 Å². The van der Waals surface area contributed by atoms with E-state index in [0.29, 0.717) is 5.92 Å². The van der Waals surface area contributed by atoms with Crippen molar-refractivity contribution >= 4 is 5.96 Å². The van der Waals surface area contributed by atoms with Crippen LogP contribution in [0.5, 0.6) is 0 Å². The van der Waals surface area contributed by atoms with Crippen molar-refractivity contribution in [3.05, 3.63) is 48.5 Å². The maximum absolute atomic E-state index is 4.66. The van der Waals surface area contributed by atoms with Crippen LogP contribution in [-0.2, 0) is 13.0 Å². The molecule has 6 nitrogen and oxygen atoms in total. The van der Waals surface area contributed by atoms with E-state index in [1.807, 2.05) is 41.3 Å². The van der Waals surface area contributed by atoms with E-state index in [1.54, 1.807) is 6.20 Å². The van der Waals surface area contributed by atoms with E-state index in [4.69, 9.17) is 0 Å². The third-order valence-electron chi connectivity index (χ3n) is 3.36. The molecule has 0 aliphatic rings. The van der Waals surface area contributed by atoms with Crippen molar-refractivity contribution in [3.8, 4) is 0 Å². The van der Waals surface area contributed by atoms with Crippen LogP contribution in [0.1, 0.15) is 19.5 Å². The van der Waals surface area contributed by atoms with E-state index >= 15 is 0 Å². The molecule has 0 bridgehead atoms. The van der Waals surface area contributed by atoms with Gasteiger partial charge in [-0.15, -0.1) is 0 Å². The lowest BCUT2D eigenvalue weighted by Gasteiger charge is -2.13. The van der Waals surface area contributed by atoms with Crippen LogP contribution in [0.15, 0.2) is 47.8 Å². The molecule has 1 unspecified atom stereocenters. The molecule has 1 atom stereocenters. The van der Waals surface area contributed by atoms with E-state index in [9.17, 15) is 0 Å². The topological polar surface area (TPSA) is 67.1 Å². The molecule has 2 heterocycles. The summed E-state index contributed by atoms with van der Waals surface area (Å²) in [5.41, 5.74) is 1.09. The van der Waals surface area contributed by atoms with Gasteiger partial charge in [-0.1, -0.05) is 13.0 Å². The molecular weight excluding hydrogens is 288 g/mol. The van der Waals surface area contributed by atoms with Gasteiger partial charge < -0.3 is 10.6 Å². The first-order valence-corrected chi connectivity index (χ1v) is 8.17. The summed E-state index contributed by atoms with van der Waals surface area (Å²) in [5.74, 6) is 1.29. The fraction of sp³-hybridized carbons (Fsp3) is 0.471. The number of hydrogen-bond donors (Lipinski definition) is 2. The summed E-state index contributed by atoms with van der Waals surface area (Å²) in [6.07, 6.45) is 6.50. The lowest BCUT2D eigenvalue weighted by atomic mass is 10.2. The molecule has 23 heavy (non-hydrogen) atoms. The van der Waals surface area contributed by atoms with E-state index < -0.39 is 0 Å². The molecular formula is C17H26N6. The van der Waals surface area contributed by atoms with Crippen molar-refractivity contribution < 1.29 is 0 Å². The Labute approximate surface area is 138 Å². The van der Waals surface area contributed by atoms with Crippen molar-refractivity contribution in [2.45, 2.75) is 26.8 Å². The minimum atomic E-state index is 0.432. The summed E-state index contributed by atoms with van der Waals surface area (Å²) < 4.78 is 1.95. The third kappa shape index (κ3) is 6.50. The van der Waals surface area contributed by atoms with Gasteiger partial charge >= 0.3 is 0 Å². The maximum Gasteiger partial charge on any atom is 0.191 e. The fourth-order valence-electron chi connectivity index (χ4n) is 2.23. The SMILES string of the molecule is CCNC(=NCC(C)Cn1cccn1)NCCc1ccccn1. The monoisotopic (exact) mass is 314 g/mol. The zero-order chi connectivity index (χ0) is 16.3. The molecule has 2 aromatic heterocycles. The first kappa shape index (κ1) is 17.0. The predicted molar refractivity (Wildman–Crippen MR) is 93.3 cm³/mol. The average Bonchev–Trinajstić information content (AvgIpc) is 3.06. The van der Waals surface area contributed by atoms with Crippen molar-refractivity contribution in [1.29, 1.82) is 0 Å². The predicted octanol–water partition coefficient (Wildman–Crippen LogP) is 1.71. The number of guanidine groups is 1. The van der Waals surface area contributed by atoms with Gasteiger partial charge in [0.25, 0.3) is 0 Å². The van der Waals surface area contributed by atoms with Crippen LogP contribution < -0.4 is 10.6 Å². The first-order valence-electron chi connectivity index (χ1n) is 8.17. The average molecular weight is 314 g/mol. The maximum atomic E-state index is 4.66. The standard InChI is InChI=1S/C17H26N6/c1-3-18-17(20-11-8-16-7-4-5-9-19-16)21-13-15(2)14-23-12-6-10-22-23/h4-7,9-10,12,15H,3,8,11,13-14H2,1-2H3,(H2,18,20,21). The molecule has 2 rings (SSSR count). The van der Waals surface area contributed by atoms with Crippen LogP contribution in [0.2, 0.25) is 0 Å². The van der Waals surface area contributed by atoms with Gasteiger partial charge in [-0.25, -0.2) is 0 Å². The Morgan fingerprint density at radius 3 is 2.87 bits per heavy atom. The first-order chi connectivity index (χ1) is 11.3. The second-order valence-corrected chi connectivity index (χ2v) is 5.55. The molecule has 6 heteroatoms. The Balaban J connectivity index is 1.77. The highest BCUT2D eigenvalue weighted by Crippen LogP contribution is 2.00. The van der Waals surface area contributed by atoms with Gasteiger partial charge in [0.15, 0.2) is 5.96 Å². The molecule has 0 aliphatic heterocycles. The Hall–Kier alpha value is -2.37. The Bertz CT molecular complexity index is 564. The van der Waals surface area contributed by atoms with Crippen LogP contribution >= 0.6 is 0 Å². The van der Waals surface area contributed by atoms with Crippen LogP contribution in [0.4, 0.5) is 0 Å². The molecule has 0 saturated carbocycles. The number of nitrogens with zero attached hydrogens (tertiary/aromatic N) is 4.